The van der Waals surface area contributed by atoms with Crippen LogP contribution < -0.4 is 5.32 Å². The van der Waals surface area contributed by atoms with Crippen LogP contribution in [0.2, 0.25) is 0 Å². The smallest absolute Gasteiger partial charge is 0.305 e. The van der Waals surface area contributed by atoms with E-state index < -0.39 is 22.2 Å². The van der Waals surface area contributed by atoms with Crippen LogP contribution >= 0.6 is 11.3 Å². The first kappa shape index (κ1) is 14.5. The van der Waals surface area contributed by atoms with Crippen molar-refractivity contribution in [3.8, 4) is 0 Å². The van der Waals surface area contributed by atoms with Crippen molar-refractivity contribution in [1.29, 1.82) is 0 Å². The molecule has 1 aromatic heterocycles. The van der Waals surface area contributed by atoms with Crippen molar-refractivity contribution < 1.29 is 13.7 Å². The van der Waals surface area contributed by atoms with Gasteiger partial charge in [0.15, 0.2) is 0 Å². The summed E-state index contributed by atoms with van der Waals surface area (Å²) in [6, 6.07) is 5.30. The van der Waals surface area contributed by atoms with Gasteiger partial charge in [-0.3, -0.25) is 10.1 Å². The van der Waals surface area contributed by atoms with Crippen LogP contribution in [0.4, 0.5) is 14.5 Å². The zero-order valence-electron chi connectivity index (χ0n) is 10.6. The monoisotopic (exact) mass is 298 g/mol. The van der Waals surface area contributed by atoms with Gasteiger partial charge in [-0.05, 0) is 18.4 Å². The predicted molar refractivity (Wildman–Crippen MR) is 72.6 cm³/mol. The average molecular weight is 298 g/mol. The summed E-state index contributed by atoms with van der Waals surface area (Å²) >= 11 is 1.56. The molecule has 1 heterocycles. The lowest BCUT2D eigenvalue weighted by atomic mass is 10.1. The Kier molecular flexibility index (Phi) is 4.41. The summed E-state index contributed by atoms with van der Waals surface area (Å²) in [4.78, 5) is 10.8. The van der Waals surface area contributed by atoms with E-state index in [1.54, 1.807) is 11.3 Å². The van der Waals surface area contributed by atoms with Gasteiger partial charge in [0.2, 0.25) is 5.82 Å². The molecule has 1 N–H and O–H groups in total. The number of rotatable bonds is 5. The first-order valence-corrected chi connectivity index (χ1v) is 6.76. The molecule has 0 aliphatic heterocycles. The van der Waals surface area contributed by atoms with Gasteiger partial charge in [-0.15, -0.1) is 11.3 Å². The summed E-state index contributed by atoms with van der Waals surface area (Å²) in [5.41, 5.74) is -0.645. The van der Waals surface area contributed by atoms with Crippen LogP contribution in [-0.2, 0) is 6.54 Å². The van der Waals surface area contributed by atoms with E-state index in [0.29, 0.717) is 6.07 Å². The molecular formula is C13H12F2N2O2S. The fourth-order valence-electron chi connectivity index (χ4n) is 1.76. The van der Waals surface area contributed by atoms with Gasteiger partial charge in [0, 0.05) is 35.2 Å². The summed E-state index contributed by atoms with van der Waals surface area (Å²) in [5.74, 6) is -1.96. The van der Waals surface area contributed by atoms with Crippen molar-refractivity contribution in [2.45, 2.75) is 19.5 Å². The third kappa shape index (κ3) is 3.17. The maximum absolute atomic E-state index is 13.6. The average Bonchev–Trinajstić information content (AvgIpc) is 2.90. The number of nitro benzene ring substituents is 1. The molecule has 0 aliphatic carbocycles. The standard InChI is InChI=1S/C13H12F2N2O2S/c1-8(13-3-2-4-20-13)16-7-9-5-12(17(18)19)11(15)6-10(9)14/h2-6,8,16H,7H2,1H3. The predicted octanol–water partition coefficient (Wildman–Crippen LogP) is 3.79. The Morgan fingerprint density at radius 1 is 1.40 bits per heavy atom. The van der Waals surface area contributed by atoms with Crippen LogP contribution in [0.5, 0.6) is 0 Å². The first-order chi connectivity index (χ1) is 9.49. The van der Waals surface area contributed by atoms with Gasteiger partial charge < -0.3 is 5.32 Å². The molecular weight excluding hydrogens is 286 g/mol. The van der Waals surface area contributed by atoms with Crippen molar-refractivity contribution in [3.63, 3.8) is 0 Å². The van der Waals surface area contributed by atoms with Crippen molar-refractivity contribution in [2.75, 3.05) is 0 Å². The third-order valence-electron chi connectivity index (χ3n) is 2.88. The summed E-state index contributed by atoms with van der Waals surface area (Å²) in [6.45, 7) is 1.99. The molecule has 2 rings (SSSR count). The molecule has 106 valence electrons. The summed E-state index contributed by atoms with van der Waals surface area (Å²) in [5, 5.41) is 15.6. The Balaban J connectivity index is 2.13. The highest BCUT2D eigenvalue weighted by molar-refractivity contribution is 7.10. The van der Waals surface area contributed by atoms with Gasteiger partial charge in [-0.1, -0.05) is 6.07 Å². The van der Waals surface area contributed by atoms with E-state index in [1.165, 1.54) is 0 Å². The number of hydrogen-bond acceptors (Lipinski definition) is 4. The molecule has 0 amide bonds. The highest BCUT2D eigenvalue weighted by atomic mass is 32.1. The lowest BCUT2D eigenvalue weighted by molar-refractivity contribution is -0.387. The molecule has 4 nitrogen and oxygen atoms in total. The van der Waals surface area contributed by atoms with Gasteiger partial charge in [-0.2, -0.15) is 4.39 Å². The lowest BCUT2D eigenvalue weighted by Gasteiger charge is -2.12. The number of nitro groups is 1. The maximum atomic E-state index is 13.6. The van der Waals surface area contributed by atoms with Gasteiger partial charge >= 0.3 is 5.69 Å². The first-order valence-electron chi connectivity index (χ1n) is 5.88. The van der Waals surface area contributed by atoms with E-state index >= 15 is 0 Å². The lowest BCUT2D eigenvalue weighted by Crippen LogP contribution is -2.18. The highest BCUT2D eigenvalue weighted by Crippen LogP contribution is 2.23. The minimum absolute atomic E-state index is 0.0153. The molecule has 7 heteroatoms. The molecule has 0 saturated heterocycles. The Morgan fingerprint density at radius 2 is 2.15 bits per heavy atom. The largest absolute Gasteiger partial charge is 0.305 e. The van der Waals surface area contributed by atoms with Gasteiger partial charge in [0.1, 0.15) is 5.82 Å². The van der Waals surface area contributed by atoms with E-state index in [0.717, 1.165) is 10.9 Å². The summed E-state index contributed by atoms with van der Waals surface area (Å²) in [7, 11) is 0. The zero-order chi connectivity index (χ0) is 14.7. The number of nitrogens with one attached hydrogen (secondary N) is 1. The van der Waals surface area contributed by atoms with Gasteiger partial charge in [-0.25, -0.2) is 4.39 Å². The minimum Gasteiger partial charge on any atom is -0.305 e. The Labute approximate surface area is 118 Å². The second-order valence-corrected chi connectivity index (χ2v) is 5.25. The van der Waals surface area contributed by atoms with Crippen molar-refractivity contribution in [3.05, 3.63) is 61.8 Å². The molecule has 0 aliphatic rings. The number of halogens is 2. The highest BCUT2D eigenvalue weighted by Gasteiger charge is 2.18. The molecule has 0 saturated carbocycles. The topological polar surface area (TPSA) is 55.2 Å². The summed E-state index contributed by atoms with van der Waals surface area (Å²) in [6.07, 6.45) is 0. The molecule has 0 radical (unpaired) electrons. The second-order valence-electron chi connectivity index (χ2n) is 4.27. The van der Waals surface area contributed by atoms with E-state index in [9.17, 15) is 18.9 Å². The van der Waals surface area contributed by atoms with Crippen LogP contribution in [-0.4, -0.2) is 4.92 Å². The third-order valence-corrected chi connectivity index (χ3v) is 3.94. The molecule has 2 aromatic rings. The molecule has 0 fully saturated rings. The van der Waals surface area contributed by atoms with E-state index in [2.05, 4.69) is 5.32 Å². The Bertz CT molecular complexity index is 617. The number of benzene rings is 1. The van der Waals surface area contributed by atoms with Crippen molar-refractivity contribution >= 4 is 17.0 Å². The van der Waals surface area contributed by atoms with E-state index in [-0.39, 0.29) is 18.2 Å². The van der Waals surface area contributed by atoms with Crippen LogP contribution in [0.1, 0.15) is 23.4 Å². The van der Waals surface area contributed by atoms with Crippen LogP contribution in [0.3, 0.4) is 0 Å². The van der Waals surface area contributed by atoms with E-state index in [1.807, 2.05) is 24.4 Å². The molecule has 1 unspecified atom stereocenters. The molecule has 1 atom stereocenters. The number of hydrogen-bond donors (Lipinski definition) is 1. The van der Waals surface area contributed by atoms with E-state index in [4.69, 9.17) is 0 Å². The molecule has 1 aromatic carbocycles. The summed E-state index contributed by atoms with van der Waals surface area (Å²) < 4.78 is 26.8. The quantitative estimate of drug-likeness (QED) is 0.675. The van der Waals surface area contributed by atoms with Gasteiger partial charge in [0.05, 0.1) is 4.92 Å². The fraction of sp³-hybridized carbons (Fsp3) is 0.231. The SMILES string of the molecule is CC(NCc1cc([N+](=O)[O-])c(F)cc1F)c1cccs1. The number of thiophene rings is 1. The minimum atomic E-state index is -1.16. The zero-order valence-corrected chi connectivity index (χ0v) is 11.4. The van der Waals surface area contributed by atoms with Crippen LogP contribution in [0.25, 0.3) is 0 Å². The van der Waals surface area contributed by atoms with Crippen LogP contribution in [0, 0.1) is 21.7 Å². The van der Waals surface area contributed by atoms with Gasteiger partial charge in [0.25, 0.3) is 0 Å². The van der Waals surface area contributed by atoms with Crippen LogP contribution in [0.15, 0.2) is 29.6 Å². The maximum Gasteiger partial charge on any atom is 0.305 e. The van der Waals surface area contributed by atoms with Crippen molar-refractivity contribution in [2.24, 2.45) is 0 Å². The Morgan fingerprint density at radius 3 is 2.75 bits per heavy atom. The normalized spacial score (nSPS) is 12.3. The van der Waals surface area contributed by atoms with Crippen molar-refractivity contribution in [1.82, 2.24) is 5.32 Å². The Hall–Kier alpha value is -1.86. The fourth-order valence-corrected chi connectivity index (χ4v) is 2.52. The number of nitrogens with zero attached hydrogens (tertiary/aromatic N) is 1. The molecule has 0 spiro atoms. The molecule has 20 heavy (non-hydrogen) atoms. The second kappa shape index (κ2) is 6.06. The molecule has 0 bridgehead atoms.